The second-order valence-electron chi connectivity index (χ2n) is 3.83. The first-order valence-electron chi connectivity index (χ1n) is 5.43. The average molecular weight is 238 g/mol. The molecule has 0 aromatic heterocycles. The van der Waals surface area contributed by atoms with E-state index in [2.05, 4.69) is 0 Å². The molecule has 3 heteroatoms. The summed E-state index contributed by atoms with van der Waals surface area (Å²) in [5.74, 6) is 1.71. The van der Waals surface area contributed by atoms with Crippen molar-refractivity contribution in [2.45, 2.75) is 26.4 Å². The Labute approximate surface area is 101 Å². The molecule has 0 saturated carbocycles. The van der Waals surface area contributed by atoms with Gasteiger partial charge < -0.3 is 4.74 Å². The summed E-state index contributed by atoms with van der Waals surface area (Å²) in [7, 11) is 0. The summed E-state index contributed by atoms with van der Waals surface area (Å²) >= 11 is 1.68. The molecule has 0 bridgehead atoms. The number of carbonyl (C=O) groups is 1. The third-order valence-corrected chi connectivity index (χ3v) is 2.70. The van der Waals surface area contributed by atoms with Crippen LogP contribution in [0.1, 0.15) is 30.6 Å². The first-order valence-corrected chi connectivity index (χ1v) is 6.82. The van der Waals surface area contributed by atoms with Crippen molar-refractivity contribution in [2.75, 3.05) is 12.0 Å². The second-order valence-corrected chi connectivity index (χ2v) is 4.81. The highest BCUT2D eigenvalue weighted by molar-refractivity contribution is 7.98. The van der Waals surface area contributed by atoms with Crippen molar-refractivity contribution in [3.63, 3.8) is 0 Å². The van der Waals surface area contributed by atoms with E-state index in [0.717, 1.165) is 5.75 Å². The topological polar surface area (TPSA) is 26.3 Å². The van der Waals surface area contributed by atoms with Crippen LogP contribution in [0.4, 0.5) is 0 Å². The number of ether oxygens (including phenoxy) is 1. The molecule has 88 valence electrons. The normalized spacial score (nSPS) is 10.5. The van der Waals surface area contributed by atoms with Crippen LogP contribution >= 0.6 is 11.8 Å². The number of hydrogen-bond acceptors (Lipinski definition) is 3. The average Bonchev–Trinajstić information content (AvgIpc) is 2.26. The van der Waals surface area contributed by atoms with E-state index in [1.165, 1.54) is 0 Å². The fourth-order valence-corrected chi connectivity index (χ4v) is 1.77. The molecule has 1 rings (SSSR count). The molecular weight excluding hydrogens is 220 g/mol. The molecule has 2 nitrogen and oxygen atoms in total. The smallest absolute Gasteiger partial charge is 0.167 e. The third kappa shape index (κ3) is 3.89. The third-order valence-electron chi connectivity index (χ3n) is 2.08. The molecule has 1 aromatic carbocycles. The van der Waals surface area contributed by atoms with Crippen LogP contribution in [0, 0.1) is 0 Å². The Bertz CT molecular complexity index is 348. The van der Waals surface area contributed by atoms with Gasteiger partial charge >= 0.3 is 0 Å². The number of Topliss-reactive ketones (excluding diaryl/α,β-unsaturated/α-hetero) is 1. The lowest BCUT2D eigenvalue weighted by Gasteiger charge is -2.13. The van der Waals surface area contributed by atoms with E-state index in [1.54, 1.807) is 11.8 Å². The van der Waals surface area contributed by atoms with Crippen LogP contribution in [0.15, 0.2) is 24.3 Å². The van der Waals surface area contributed by atoms with Crippen molar-refractivity contribution in [2.24, 2.45) is 0 Å². The maximum atomic E-state index is 11.9. The van der Waals surface area contributed by atoms with Gasteiger partial charge in [-0.3, -0.25) is 4.79 Å². The van der Waals surface area contributed by atoms with E-state index in [1.807, 2.05) is 44.4 Å². The molecule has 0 saturated heterocycles. The lowest BCUT2D eigenvalue weighted by molar-refractivity contribution is 0.0984. The van der Waals surface area contributed by atoms with Gasteiger partial charge in [-0.25, -0.2) is 0 Å². The zero-order valence-corrected chi connectivity index (χ0v) is 10.8. The maximum Gasteiger partial charge on any atom is 0.167 e. The molecule has 0 spiro atoms. The summed E-state index contributed by atoms with van der Waals surface area (Å²) in [5, 5.41) is 0. The predicted molar refractivity (Wildman–Crippen MR) is 69.5 cm³/mol. The summed E-state index contributed by atoms with van der Waals surface area (Å²) in [4.78, 5) is 11.9. The second kappa shape index (κ2) is 6.59. The number of carbonyl (C=O) groups excluding carboxylic acids is 1. The monoisotopic (exact) mass is 238 g/mol. The quantitative estimate of drug-likeness (QED) is 0.710. The van der Waals surface area contributed by atoms with E-state index in [0.29, 0.717) is 17.7 Å². The van der Waals surface area contributed by atoms with Crippen molar-refractivity contribution in [3.8, 4) is 5.75 Å². The molecule has 0 aliphatic heterocycles. The lowest BCUT2D eigenvalue weighted by atomic mass is 10.1. The van der Waals surface area contributed by atoms with Crippen LogP contribution in [-0.2, 0) is 0 Å². The number of ketones is 1. The van der Waals surface area contributed by atoms with Crippen LogP contribution in [0.25, 0.3) is 0 Å². The van der Waals surface area contributed by atoms with Gasteiger partial charge in [0, 0.05) is 12.2 Å². The zero-order valence-electron chi connectivity index (χ0n) is 10.0. The van der Waals surface area contributed by atoms with Crippen molar-refractivity contribution in [1.82, 2.24) is 0 Å². The molecule has 0 fully saturated rings. The van der Waals surface area contributed by atoms with E-state index >= 15 is 0 Å². The number of hydrogen-bond donors (Lipinski definition) is 0. The number of thioether (sulfide) groups is 1. The Morgan fingerprint density at radius 3 is 2.69 bits per heavy atom. The number of rotatable bonds is 6. The van der Waals surface area contributed by atoms with E-state index in [4.69, 9.17) is 4.74 Å². The molecule has 0 aliphatic carbocycles. The van der Waals surface area contributed by atoms with E-state index < -0.39 is 0 Å². The Balaban J connectivity index is 2.81. The van der Waals surface area contributed by atoms with E-state index in [9.17, 15) is 4.79 Å². The minimum atomic E-state index is 0.0921. The van der Waals surface area contributed by atoms with Gasteiger partial charge in [0.15, 0.2) is 5.78 Å². The van der Waals surface area contributed by atoms with Crippen molar-refractivity contribution < 1.29 is 9.53 Å². The molecule has 0 radical (unpaired) electrons. The molecule has 16 heavy (non-hydrogen) atoms. The largest absolute Gasteiger partial charge is 0.490 e. The highest BCUT2D eigenvalue weighted by Gasteiger charge is 2.12. The van der Waals surface area contributed by atoms with Crippen LogP contribution in [0.3, 0.4) is 0 Å². The van der Waals surface area contributed by atoms with Crippen molar-refractivity contribution in [3.05, 3.63) is 29.8 Å². The minimum absolute atomic E-state index is 0.0921. The zero-order chi connectivity index (χ0) is 12.0. The molecule has 0 amide bonds. The lowest BCUT2D eigenvalue weighted by Crippen LogP contribution is -2.10. The molecule has 0 N–H and O–H groups in total. The highest BCUT2D eigenvalue weighted by atomic mass is 32.2. The van der Waals surface area contributed by atoms with Gasteiger partial charge in [-0.05, 0) is 32.2 Å². The van der Waals surface area contributed by atoms with Crippen molar-refractivity contribution >= 4 is 17.5 Å². The van der Waals surface area contributed by atoms with Gasteiger partial charge in [0.1, 0.15) is 5.75 Å². The summed E-state index contributed by atoms with van der Waals surface area (Å²) in [6, 6.07) is 7.45. The summed E-state index contributed by atoms with van der Waals surface area (Å²) < 4.78 is 5.62. The predicted octanol–water partition coefficient (Wildman–Crippen LogP) is 3.41. The van der Waals surface area contributed by atoms with Crippen molar-refractivity contribution in [1.29, 1.82) is 0 Å². The number of benzene rings is 1. The standard InChI is InChI=1S/C13H18O2S/c1-10(2)15-13-7-5-4-6-11(13)12(14)8-9-16-3/h4-7,10H,8-9H2,1-3H3. The Morgan fingerprint density at radius 1 is 1.38 bits per heavy atom. The van der Waals surface area contributed by atoms with Gasteiger partial charge in [0.25, 0.3) is 0 Å². The Morgan fingerprint density at radius 2 is 2.06 bits per heavy atom. The van der Waals surface area contributed by atoms with Gasteiger partial charge in [-0.2, -0.15) is 11.8 Å². The Kier molecular flexibility index (Phi) is 5.39. The summed E-state index contributed by atoms with van der Waals surface area (Å²) in [6.45, 7) is 3.92. The Hall–Kier alpha value is -0.960. The first-order chi connectivity index (χ1) is 7.65. The van der Waals surface area contributed by atoms with E-state index in [-0.39, 0.29) is 11.9 Å². The van der Waals surface area contributed by atoms with Crippen LogP contribution < -0.4 is 4.74 Å². The van der Waals surface area contributed by atoms with Gasteiger partial charge in [0.05, 0.1) is 11.7 Å². The van der Waals surface area contributed by atoms with Crippen LogP contribution in [0.2, 0.25) is 0 Å². The SMILES string of the molecule is CSCCC(=O)c1ccccc1OC(C)C. The maximum absolute atomic E-state index is 11.9. The van der Waals surface area contributed by atoms with Gasteiger partial charge in [0.2, 0.25) is 0 Å². The fraction of sp³-hybridized carbons (Fsp3) is 0.462. The molecule has 0 aliphatic rings. The van der Waals surface area contributed by atoms with Crippen LogP contribution in [0.5, 0.6) is 5.75 Å². The summed E-state index contributed by atoms with van der Waals surface area (Å²) in [5.41, 5.74) is 0.699. The molecule has 0 atom stereocenters. The number of para-hydroxylation sites is 1. The van der Waals surface area contributed by atoms with Gasteiger partial charge in [-0.15, -0.1) is 0 Å². The molecule has 0 unspecified atom stereocenters. The molecule has 1 aromatic rings. The minimum Gasteiger partial charge on any atom is -0.490 e. The van der Waals surface area contributed by atoms with Gasteiger partial charge in [-0.1, -0.05) is 12.1 Å². The summed E-state index contributed by atoms with van der Waals surface area (Å²) in [6.07, 6.45) is 2.66. The highest BCUT2D eigenvalue weighted by Crippen LogP contribution is 2.21. The molecule has 0 heterocycles. The molecular formula is C13H18O2S. The van der Waals surface area contributed by atoms with Crippen LogP contribution in [-0.4, -0.2) is 23.9 Å². The fourth-order valence-electron chi connectivity index (χ4n) is 1.38. The first kappa shape index (κ1) is 13.1.